The number of hydrogen-bond donors (Lipinski definition) is 0. The molecule has 1 aromatic heterocycles. The molecule has 1 amide bonds. The lowest BCUT2D eigenvalue weighted by atomic mass is 9.61. The minimum Gasteiger partial charge on any atom is -0.450 e. The maximum absolute atomic E-state index is 14.4. The molecule has 2 unspecified atom stereocenters. The largest absolute Gasteiger partial charge is 0.450 e. The number of likely N-dealkylation sites (tertiary alicyclic amines) is 1. The maximum atomic E-state index is 14.4. The topological polar surface area (TPSA) is 64.4 Å². The zero-order chi connectivity index (χ0) is 28.9. The van der Waals surface area contributed by atoms with Gasteiger partial charge in [-0.25, -0.2) is 9.78 Å². The van der Waals surface area contributed by atoms with E-state index in [9.17, 15) is 22.8 Å². The monoisotopic (exact) mass is 567 g/mol. The Balaban J connectivity index is 1.38. The molecule has 2 atom stereocenters. The molecule has 2 aromatic carbocycles. The second-order valence-electron chi connectivity index (χ2n) is 12.1. The summed E-state index contributed by atoms with van der Waals surface area (Å²) in [5.74, 6) is 0.516. The molecule has 2 aliphatic carbocycles. The van der Waals surface area contributed by atoms with Gasteiger partial charge in [-0.15, -0.1) is 0 Å². The quantitative estimate of drug-likeness (QED) is 0.331. The third-order valence-electron chi connectivity index (χ3n) is 9.19. The van der Waals surface area contributed by atoms with Crippen molar-refractivity contribution >= 4 is 22.6 Å². The fourth-order valence-corrected chi connectivity index (χ4v) is 7.21. The number of fused-ring (bicyclic) bond motifs is 3. The summed E-state index contributed by atoms with van der Waals surface area (Å²) in [6.45, 7) is 5.00. The molecule has 1 fully saturated rings. The summed E-state index contributed by atoms with van der Waals surface area (Å²) in [5.41, 5.74) is 3.34. The Labute approximate surface area is 237 Å². The Morgan fingerprint density at radius 3 is 2.61 bits per heavy atom. The van der Waals surface area contributed by atoms with Gasteiger partial charge >= 0.3 is 12.3 Å². The number of rotatable bonds is 6. The molecule has 2 heterocycles. The third-order valence-corrected chi connectivity index (χ3v) is 9.19. The Bertz CT molecular complexity index is 1490. The standard InChI is InChI=1S/C32H36F3N3O3/c1-3-41-30(40)37-18-31(19-37)17-23-14-21-9-4-5-10-22(21)15-24(23)25(29(31)39)16-27-36-28-20(2)8-6-11-26(28)38(27)13-7-12-32(33,34)35/h4-5,9-10,14-15,20,25H,3,6-8,11-13,16-19H2,1-2H3. The van der Waals surface area contributed by atoms with Gasteiger partial charge in [0.1, 0.15) is 5.82 Å². The number of benzene rings is 2. The molecule has 1 saturated heterocycles. The molecule has 0 saturated carbocycles. The first kappa shape index (κ1) is 27.8. The number of Topliss-reactive ketones (excluding diaryl/α,β-unsaturated/α-hetero) is 1. The number of alkyl halides is 3. The Morgan fingerprint density at radius 2 is 1.90 bits per heavy atom. The molecule has 0 radical (unpaired) electrons. The molecule has 1 spiro atoms. The lowest BCUT2D eigenvalue weighted by molar-refractivity contribution is -0.140. The van der Waals surface area contributed by atoms with Crippen LogP contribution in [0.3, 0.4) is 0 Å². The molecule has 3 aromatic rings. The summed E-state index contributed by atoms with van der Waals surface area (Å²) >= 11 is 0. The predicted molar refractivity (Wildman–Crippen MR) is 149 cm³/mol. The van der Waals surface area contributed by atoms with Crippen LogP contribution in [0, 0.1) is 5.41 Å². The molecular weight excluding hydrogens is 531 g/mol. The summed E-state index contributed by atoms with van der Waals surface area (Å²) in [4.78, 5) is 33.4. The van der Waals surface area contributed by atoms with Gasteiger partial charge in [-0.2, -0.15) is 13.2 Å². The number of halogens is 3. The number of ketones is 1. The lowest BCUT2D eigenvalue weighted by Crippen LogP contribution is -2.65. The van der Waals surface area contributed by atoms with Crippen molar-refractivity contribution in [2.24, 2.45) is 5.41 Å². The van der Waals surface area contributed by atoms with Crippen molar-refractivity contribution in [3.05, 3.63) is 64.7 Å². The van der Waals surface area contributed by atoms with E-state index in [1.165, 1.54) is 0 Å². The van der Waals surface area contributed by atoms with Crippen LogP contribution in [-0.4, -0.2) is 52.2 Å². The Hall–Kier alpha value is -3.36. The number of carbonyl (C=O) groups is 2. The van der Waals surface area contributed by atoms with Gasteiger partial charge in [0, 0.05) is 44.1 Å². The molecule has 218 valence electrons. The van der Waals surface area contributed by atoms with Crippen molar-refractivity contribution in [3.8, 4) is 0 Å². The number of imidazole rings is 1. The van der Waals surface area contributed by atoms with Crippen LogP contribution in [-0.2, 0) is 35.3 Å². The SMILES string of the molecule is CCOC(=O)N1CC2(Cc3cc4ccccc4cc3C(Cc3nc4c(n3CCCC(F)(F)F)CCCC4C)C2=O)C1. The summed E-state index contributed by atoms with van der Waals surface area (Å²) in [6.07, 6.45) is -1.85. The average molecular weight is 568 g/mol. The first-order valence-corrected chi connectivity index (χ1v) is 14.7. The van der Waals surface area contributed by atoms with E-state index in [2.05, 4.69) is 25.1 Å². The Kier molecular flexibility index (Phi) is 7.10. The molecule has 3 aliphatic rings. The van der Waals surface area contributed by atoms with Gasteiger partial charge in [-0.1, -0.05) is 43.3 Å². The summed E-state index contributed by atoms with van der Waals surface area (Å²) in [6, 6.07) is 12.3. The van der Waals surface area contributed by atoms with Gasteiger partial charge in [-0.05, 0) is 60.9 Å². The number of nitrogens with zero attached hydrogens (tertiary/aromatic N) is 3. The minimum absolute atomic E-state index is 0.0219. The van der Waals surface area contributed by atoms with Gasteiger partial charge in [-0.3, -0.25) is 4.79 Å². The van der Waals surface area contributed by atoms with Crippen molar-refractivity contribution in [2.45, 2.75) is 83.4 Å². The molecule has 41 heavy (non-hydrogen) atoms. The van der Waals surface area contributed by atoms with Crippen molar-refractivity contribution in [3.63, 3.8) is 0 Å². The van der Waals surface area contributed by atoms with E-state index in [4.69, 9.17) is 9.72 Å². The molecular formula is C32H36F3N3O3. The van der Waals surface area contributed by atoms with Gasteiger partial charge in [0.25, 0.3) is 0 Å². The van der Waals surface area contributed by atoms with Crippen LogP contribution in [0.4, 0.5) is 18.0 Å². The van der Waals surface area contributed by atoms with Crippen LogP contribution in [0.5, 0.6) is 0 Å². The van der Waals surface area contributed by atoms with Crippen LogP contribution in [0.2, 0.25) is 0 Å². The normalized spacial score (nSPS) is 21.5. The highest BCUT2D eigenvalue weighted by atomic mass is 19.4. The second-order valence-corrected chi connectivity index (χ2v) is 12.1. The van der Waals surface area contributed by atoms with Crippen molar-refractivity contribution in [2.75, 3.05) is 19.7 Å². The zero-order valence-corrected chi connectivity index (χ0v) is 23.6. The van der Waals surface area contributed by atoms with Crippen molar-refractivity contribution in [1.82, 2.24) is 14.5 Å². The van der Waals surface area contributed by atoms with Crippen LogP contribution in [0.1, 0.15) is 79.7 Å². The van der Waals surface area contributed by atoms with E-state index in [1.54, 1.807) is 11.8 Å². The van der Waals surface area contributed by atoms with Crippen molar-refractivity contribution < 1.29 is 27.5 Å². The predicted octanol–water partition coefficient (Wildman–Crippen LogP) is 6.73. The maximum Gasteiger partial charge on any atom is 0.409 e. The number of amides is 1. The zero-order valence-electron chi connectivity index (χ0n) is 23.6. The van der Waals surface area contributed by atoms with Crippen LogP contribution >= 0.6 is 0 Å². The minimum atomic E-state index is -4.21. The van der Waals surface area contributed by atoms with E-state index in [0.29, 0.717) is 31.8 Å². The summed E-state index contributed by atoms with van der Waals surface area (Å²) in [5, 5.41) is 2.14. The van der Waals surface area contributed by atoms with E-state index >= 15 is 0 Å². The number of ether oxygens (including phenoxy) is 1. The summed E-state index contributed by atoms with van der Waals surface area (Å²) < 4.78 is 46.4. The van der Waals surface area contributed by atoms with Gasteiger partial charge in [0.2, 0.25) is 0 Å². The molecule has 9 heteroatoms. The highest BCUT2D eigenvalue weighted by molar-refractivity contribution is 5.98. The van der Waals surface area contributed by atoms with Crippen LogP contribution < -0.4 is 0 Å². The molecule has 6 rings (SSSR count). The van der Waals surface area contributed by atoms with E-state index in [1.807, 2.05) is 22.8 Å². The number of carbonyl (C=O) groups excluding carboxylic acids is 2. The van der Waals surface area contributed by atoms with Gasteiger partial charge in [0.15, 0.2) is 5.78 Å². The first-order valence-electron chi connectivity index (χ1n) is 14.7. The average Bonchev–Trinajstić information content (AvgIpc) is 3.25. The molecule has 0 N–H and O–H groups in total. The number of hydrogen-bond acceptors (Lipinski definition) is 4. The fourth-order valence-electron chi connectivity index (χ4n) is 7.21. The highest BCUT2D eigenvalue weighted by Gasteiger charge is 2.56. The number of aromatic nitrogens is 2. The second kappa shape index (κ2) is 10.5. The van der Waals surface area contributed by atoms with Crippen LogP contribution in [0.25, 0.3) is 10.8 Å². The van der Waals surface area contributed by atoms with Crippen LogP contribution in [0.15, 0.2) is 36.4 Å². The first-order chi connectivity index (χ1) is 19.6. The molecule has 1 aliphatic heterocycles. The molecule has 6 nitrogen and oxygen atoms in total. The summed E-state index contributed by atoms with van der Waals surface area (Å²) in [7, 11) is 0. The van der Waals surface area contributed by atoms with Crippen molar-refractivity contribution in [1.29, 1.82) is 0 Å². The highest BCUT2D eigenvalue weighted by Crippen LogP contribution is 2.47. The van der Waals surface area contributed by atoms with Gasteiger partial charge in [0.05, 0.1) is 23.6 Å². The van der Waals surface area contributed by atoms with E-state index in [0.717, 1.165) is 52.5 Å². The fraction of sp³-hybridized carbons (Fsp3) is 0.531. The smallest absolute Gasteiger partial charge is 0.409 e. The Morgan fingerprint density at radius 1 is 1.17 bits per heavy atom. The lowest BCUT2D eigenvalue weighted by Gasteiger charge is -2.52. The van der Waals surface area contributed by atoms with Gasteiger partial charge < -0.3 is 14.2 Å². The molecule has 0 bridgehead atoms. The van der Waals surface area contributed by atoms with E-state index < -0.39 is 30.0 Å². The van der Waals surface area contributed by atoms with E-state index in [-0.39, 0.29) is 31.3 Å². The third kappa shape index (κ3) is 5.12.